The number of H-pyrrole nitrogens is 1. The topological polar surface area (TPSA) is 105 Å². The molecule has 0 amide bonds. The van der Waals surface area contributed by atoms with Gasteiger partial charge in [-0.1, -0.05) is 31.1 Å². The van der Waals surface area contributed by atoms with Crippen LogP contribution in [0, 0.1) is 12.8 Å². The molecule has 6 nitrogen and oxygen atoms in total. The van der Waals surface area contributed by atoms with E-state index in [4.69, 9.17) is 5.73 Å². The average molecular weight is 319 g/mol. The van der Waals surface area contributed by atoms with E-state index in [2.05, 4.69) is 9.71 Å². The average Bonchev–Trinajstić information content (AvgIpc) is 2.72. The van der Waals surface area contributed by atoms with Crippen molar-refractivity contribution in [3.8, 4) is 0 Å². The van der Waals surface area contributed by atoms with Crippen molar-refractivity contribution in [3.05, 3.63) is 15.4 Å². The first-order chi connectivity index (χ1) is 9.31. The minimum atomic E-state index is -3.72. The van der Waals surface area contributed by atoms with Crippen molar-refractivity contribution in [1.29, 1.82) is 0 Å². The summed E-state index contributed by atoms with van der Waals surface area (Å²) in [4.78, 5) is 13.5. The van der Waals surface area contributed by atoms with Crippen LogP contribution in [0.3, 0.4) is 0 Å². The Morgan fingerprint density at radius 1 is 1.50 bits per heavy atom. The normalized spacial score (nSPS) is 27.6. The van der Waals surface area contributed by atoms with Gasteiger partial charge in [0.1, 0.15) is 0 Å². The van der Waals surface area contributed by atoms with Crippen LogP contribution in [0.1, 0.15) is 38.3 Å². The predicted octanol–water partition coefficient (Wildman–Crippen LogP) is 0.931. The summed E-state index contributed by atoms with van der Waals surface area (Å²) in [6.45, 7) is 3.89. The molecule has 0 aromatic carbocycles. The van der Waals surface area contributed by atoms with E-state index in [1.54, 1.807) is 6.92 Å². The van der Waals surface area contributed by atoms with Crippen LogP contribution in [-0.4, -0.2) is 25.5 Å². The monoisotopic (exact) mass is 319 g/mol. The van der Waals surface area contributed by atoms with Crippen molar-refractivity contribution in [2.75, 3.05) is 6.54 Å². The van der Waals surface area contributed by atoms with Gasteiger partial charge in [0, 0.05) is 17.8 Å². The van der Waals surface area contributed by atoms with Crippen molar-refractivity contribution in [1.82, 2.24) is 9.71 Å². The lowest BCUT2D eigenvalue weighted by Gasteiger charge is -2.42. The van der Waals surface area contributed by atoms with Crippen molar-refractivity contribution in [2.45, 2.75) is 49.3 Å². The van der Waals surface area contributed by atoms with Crippen LogP contribution < -0.4 is 15.3 Å². The highest BCUT2D eigenvalue weighted by molar-refractivity contribution is 7.91. The molecule has 2 rings (SSSR count). The summed E-state index contributed by atoms with van der Waals surface area (Å²) in [6.07, 6.45) is 3.76. The molecule has 1 aromatic heterocycles. The number of aromatic amines is 1. The third-order valence-corrected chi connectivity index (χ3v) is 7.34. The van der Waals surface area contributed by atoms with E-state index in [1.807, 2.05) is 6.92 Å². The van der Waals surface area contributed by atoms with Crippen molar-refractivity contribution >= 4 is 21.4 Å². The molecule has 2 unspecified atom stereocenters. The third kappa shape index (κ3) is 2.83. The van der Waals surface area contributed by atoms with E-state index >= 15 is 0 Å². The van der Waals surface area contributed by atoms with Gasteiger partial charge in [0.2, 0.25) is 0 Å². The van der Waals surface area contributed by atoms with E-state index < -0.39 is 15.6 Å². The van der Waals surface area contributed by atoms with Crippen LogP contribution in [0.2, 0.25) is 0 Å². The van der Waals surface area contributed by atoms with Crippen molar-refractivity contribution in [2.24, 2.45) is 11.7 Å². The van der Waals surface area contributed by atoms with E-state index in [0.717, 1.165) is 37.0 Å². The summed E-state index contributed by atoms with van der Waals surface area (Å²) in [6, 6.07) is 0. The van der Waals surface area contributed by atoms with Crippen LogP contribution in [0.15, 0.2) is 9.00 Å². The minimum absolute atomic E-state index is 0.0631. The van der Waals surface area contributed by atoms with E-state index in [1.165, 1.54) is 0 Å². The van der Waals surface area contributed by atoms with Crippen molar-refractivity contribution in [3.63, 3.8) is 0 Å². The first-order valence-electron chi connectivity index (χ1n) is 6.74. The highest BCUT2D eigenvalue weighted by Crippen LogP contribution is 2.34. The molecule has 8 heteroatoms. The SMILES string of the molecule is Cc1[nH]c(=O)sc1S(=O)(=O)NC1(CN)CCCCC1C. The Morgan fingerprint density at radius 2 is 2.20 bits per heavy atom. The summed E-state index contributed by atoms with van der Waals surface area (Å²) >= 11 is 0.718. The number of rotatable bonds is 4. The smallest absolute Gasteiger partial charge is 0.305 e. The van der Waals surface area contributed by atoms with Gasteiger partial charge in [-0.25, -0.2) is 13.1 Å². The number of hydrogen-bond donors (Lipinski definition) is 3. The van der Waals surface area contributed by atoms with Gasteiger partial charge in [0.25, 0.3) is 10.0 Å². The molecule has 4 N–H and O–H groups in total. The summed E-state index contributed by atoms with van der Waals surface area (Å²) in [5, 5.41) is 0. The van der Waals surface area contributed by atoms with Gasteiger partial charge in [-0.15, -0.1) is 0 Å². The second-order valence-electron chi connectivity index (χ2n) is 5.54. The number of hydrogen-bond acceptors (Lipinski definition) is 5. The first kappa shape index (κ1) is 15.7. The molecule has 0 radical (unpaired) electrons. The molecule has 1 aliphatic rings. The maximum atomic E-state index is 12.5. The zero-order chi connectivity index (χ0) is 15.0. The predicted molar refractivity (Wildman–Crippen MR) is 79.4 cm³/mol. The van der Waals surface area contributed by atoms with Gasteiger partial charge in [-0.3, -0.25) is 4.79 Å². The molecular weight excluding hydrogens is 298 g/mol. The molecule has 0 bridgehead atoms. The summed E-state index contributed by atoms with van der Waals surface area (Å²) in [7, 11) is -3.72. The highest BCUT2D eigenvalue weighted by Gasteiger charge is 2.41. The molecule has 1 aromatic rings. The Hall–Kier alpha value is -0.700. The molecule has 114 valence electrons. The van der Waals surface area contributed by atoms with Crippen LogP contribution >= 0.6 is 11.3 Å². The van der Waals surface area contributed by atoms with Gasteiger partial charge in [0.05, 0.1) is 0 Å². The Kier molecular flexibility index (Phi) is 4.38. The highest BCUT2D eigenvalue weighted by atomic mass is 32.2. The number of sulfonamides is 1. The van der Waals surface area contributed by atoms with Crippen molar-refractivity contribution < 1.29 is 8.42 Å². The van der Waals surface area contributed by atoms with Crippen LogP contribution in [-0.2, 0) is 10.0 Å². The maximum absolute atomic E-state index is 12.5. The second-order valence-corrected chi connectivity index (χ2v) is 8.40. The zero-order valence-electron chi connectivity index (χ0n) is 11.7. The number of nitrogens with one attached hydrogen (secondary N) is 2. The first-order valence-corrected chi connectivity index (χ1v) is 9.04. The minimum Gasteiger partial charge on any atom is -0.329 e. The van der Waals surface area contributed by atoms with Gasteiger partial charge >= 0.3 is 4.87 Å². The van der Waals surface area contributed by atoms with Crippen LogP contribution in [0.5, 0.6) is 0 Å². The molecule has 2 atom stereocenters. The number of aryl methyl sites for hydroxylation is 1. The molecule has 1 fully saturated rings. The second kappa shape index (κ2) is 5.59. The Morgan fingerprint density at radius 3 is 2.70 bits per heavy atom. The molecule has 0 aliphatic heterocycles. The molecule has 0 spiro atoms. The Labute approximate surface area is 122 Å². The van der Waals surface area contributed by atoms with E-state index in [9.17, 15) is 13.2 Å². The van der Waals surface area contributed by atoms with Gasteiger partial charge in [-0.2, -0.15) is 0 Å². The summed E-state index contributed by atoms with van der Waals surface area (Å²) < 4.78 is 27.9. The fourth-order valence-corrected chi connectivity index (χ4v) is 5.71. The molecule has 1 aliphatic carbocycles. The molecular formula is C12H21N3O3S2. The largest absolute Gasteiger partial charge is 0.329 e. The van der Waals surface area contributed by atoms with E-state index in [0.29, 0.717) is 5.69 Å². The van der Waals surface area contributed by atoms with Crippen LogP contribution in [0.4, 0.5) is 0 Å². The van der Waals surface area contributed by atoms with Gasteiger partial charge < -0.3 is 10.7 Å². The Bertz CT molecular complexity index is 635. The quantitative estimate of drug-likeness (QED) is 0.767. The van der Waals surface area contributed by atoms with Gasteiger partial charge in [0.15, 0.2) is 4.21 Å². The van der Waals surface area contributed by atoms with Crippen LogP contribution in [0.25, 0.3) is 0 Å². The molecule has 0 saturated heterocycles. The summed E-state index contributed by atoms with van der Waals surface area (Å²) in [5.74, 6) is 0.187. The molecule has 20 heavy (non-hydrogen) atoms. The maximum Gasteiger partial charge on any atom is 0.305 e. The standard InChI is InChI=1S/C12H21N3O3S2/c1-8-5-3-4-6-12(8,7-13)15-20(17,18)10-9(2)14-11(16)19-10/h8,15H,3-7,13H2,1-2H3,(H,14,16). The fraction of sp³-hybridized carbons (Fsp3) is 0.750. The lowest BCUT2D eigenvalue weighted by atomic mass is 9.74. The number of nitrogens with two attached hydrogens (primary N) is 1. The lowest BCUT2D eigenvalue weighted by molar-refractivity contribution is 0.191. The van der Waals surface area contributed by atoms with E-state index in [-0.39, 0.29) is 21.5 Å². The number of thiazole rings is 1. The fourth-order valence-electron chi connectivity index (χ4n) is 2.87. The zero-order valence-corrected chi connectivity index (χ0v) is 13.4. The molecule has 1 heterocycles. The lowest BCUT2D eigenvalue weighted by Crippen LogP contribution is -2.58. The summed E-state index contributed by atoms with van der Waals surface area (Å²) in [5.41, 5.74) is 5.64. The molecule has 1 saturated carbocycles. The van der Waals surface area contributed by atoms with Gasteiger partial charge in [-0.05, 0) is 25.7 Å². The Balaban J connectivity index is 2.35. The third-order valence-electron chi connectivity index (χ3n) is 4.18. The number of aromatic nitrogens is 1.